The molecule has 1 aliphatic heterocycles. The Balaban J connectivity index is 1.98. The number of nitrogens with one attached hydrogen (secondary N) is 2. The van der Waals surface area contributed by atoms with Crippen LogP contribution in [0.5, 0.6) is 5.75 Å². The number of ether oxygens (including phenoxy) is 1. The highest BCUT2D eigenvalue weighted by atomic mass is 19.1. The number of rotatable bonds is 4. The van der Waals surface area contributed by atoms with Gasteiger partial charge >= 0.3 is 0 Å². The van der Waals surface area contributed by atoms with E-state index in [0.29, 0.717) is 11.5 Å². The van der Waals surface area contributed by atoms with Gasteiger partial charge in [-0.3, -0.25) is 4.79 Å². The third-order valence-corrected chi connectivity index (χ3v) is 3.86. The molecule has 1 saturated heterocycles. The Hall–Kier alpha value is -1.62. The van der Waals surface area contributed by atoms with Crippen molar-refractivity contribution in [1.82, 2.24) is 10.6 Å². The fourth-order valence-electron chi connectivity index (χ4n) is 2.56. The van der Waals surface area contributed by atoms with Gasteiger partial charge in [0, 0.05) is 11.6 Å². The van der Waals surface area contributed by atoms with E-state index >= 15 is 0 Å². The van der Waals surface area contributed by atoms with Gasteiger partial charge in [-0.1, -0.05) is 0 Å². The minimum atomic E-state index is -0.519. The highest BCUT2D eigenvalue weighted by molar-refractivity contribution is 5.94. The van der Waals surface area contributed by atoms with Gasteiger partial charge in [-0.05, 0) is 57.0 Å². The highest BCUT2D eigenvalue weighted by Gasteiger charge is 2.22. The van der Waals surface area contributed by atoms with E-state index in [2.05, 4.69) is 10.6 Å². The summed E-state index contributed by atoms with van der Waals surface area (Å²) in [6.45, 7) is 3.98. The smallest absolute Gasteiger partial charge is 0.251 e. The molecule has 1 unspecified atom stereocenters. The minimum absolute atomic E-state index is 0.0924. The number of methoxy groups -OCH3 is 1. The lowest BCUT2D eigenvalue weighted by atomic mass is 9.91. The van der Waals surface area contributed by atoms with E-state index in [-0.39, 0.29) is 17.7 Å². The van der Waals surface area contributed by atoms with E-state index in [9.17, 15) is 9.18 Å². The average molecular weight is 280 g/mol. The molecule has 1 aromatic rings. The van der Waals surface area contributed by atoms with E-state index < -0.39 is 5.82 Å². The summed E-state index contributed by atoms with van der Waals surface area (Å²) in [7, 11) is 1.40. The van der Waals surface area contributed by atoms with Crippen molar-refractivity contribution in [2.24, 2.45) is 5.92 Å². The number of halogens is 1. The Morgan fingerprint density at radius 2 is 2.15 bits per heavy atom. The first kappa shape index (κ1) is 14.8. The molecule has 0 radical (unpaired) electrons. The quantitative estimate of drug-likeness (QED) is 0.886. The zero-order chi connectivity index (χ0) is 14.5. The summed E-state index contributed by atoms with van der Waals surface area (Å²) in [4.78, 5) is 12.1. The second-order valence-corrected chi connectivity index (χ2v) is 5.20. The van der Waals surface area contributed by atoms with Gasteiger partial charge in [-0.2, -0.15) is 0 Å². The summed E-state index contributed by atoms with van der Waals surface area (Å²) in [6.07, 6.45) is 2.11. The van der Waals surface area contributed by atoms with Crippen LogP contribution in [0.15, 0.2) is 18.2 Å². The standard InChI is InChI=1S/C15H21FN2O2/c1-10(11-5-7-17-8-6-11)18-15(19)12-3-4-14(20-2)13(16)9-12/h3-4,9-11,17H,5-8H2,1-2H3,(H,18,19). The average Bonchev–Trinajstić information content (AvgIpc) is 2.48. The van der Waals surface area contributed by atoms with E-state index in [1.54, 1.807) is 6.07 Å². The Bertz CT molecular complexity index is 473. The Morgan fingerprint density at radius 3 is 2.75 bits per heavy atom. The molecular weight excluding hydrogens is 259 g/mol. The first-order chi connectivity index (χ1) is 9.61. The zero-order valence-corrected chi connectivity index (χ0v) is 11.9. The summed E-state index contributed by atoms with van der Waals surface area (Å²) in [6, 6.07) is 4.35. The van der Waals surface area contributed by atoms with Gasteiger partial charge in [0.25, 0.3) is 5.91 Å². The third kappa shape index (κ3) is 3.48. The first-order valence-electron chi connectivity index (χ1n) is 6.97. The Morgan fingerprint density at radius 1 is 1.45 bits per heavy atom. The van der Waals surface area contributed by atoms with Crippen LogP contribution in [0.3, 0.4) is 0 Å². The Kier molecular flexibility index (Phi) is 4.95. The van der Waals surface area contributed by atoms with Crippen molar-refractivity contribution in [3.63, 3.8) is 0 Å². The van der Waals surface area contributed by atoms with Crippen molar-refractivity contribution in [2.45, 2.75) is 25.8 Å². The van der Waals surface area contributed by atoms with Crippen LogP contribution >= 0.6 is 0 Å². The van der Waals surface area contributed by atoms with Gasteiger partial charge in [0.2, 0.25) is 0 Å². The molecule has 5 heteroatoms. The van der Waals surface area contributed by atoms with Crippen LogP contribution < -0.4 is 15.4 Å². The van der Waals surface area contributed by atoms with E-state index in [4.69, 9.17) is 4.74 Å². The molecule has 1 aliphatic rings. The SMILES string of the molecule is COc1ccc(C(=O)NC(C)C2CCNCC2)cc1F. The maximum absolute atomic E-state index is 13.6. The molecule has 4 nitrogen and oxygen atoms in total. The van der Waals surface area contributed by atoms with E-state index in [1.165, 1.54) is 19.2 Å². The summed E-state index contributed by atoms with van der Waals surface area (Å²) >= 11 is 0. The van der Waals surface area contributed by atoms with Crippen LogP contribution in [0.2, 0.25) is 0 Å². The van der Waals surface area contributed by atoms with Crippen LogP contribution in [0.1, 0.15) is 30.1 Å². The van der Waals surface area contributed by atoms with Crippen LogP contribution in [-0.2, 0) is 0 Å². The number of benzene rings is 1. The lowest BCUT2D eigenvalue weighted by molar-refractivity contribution is 0.0920. The largest absolute Gasteiger partial charge is 0.494 e. The number of hydrogen-bond donors (Lipinski definition) is 2. The predicted octanol–water partition coefficient (Wildman–Crippen LogP) is 1.95. The topological polar surface area (TPSA) is 50.4 Å². The normalized spacial score (nSPS) is 17.6. The van der Waals surface area contributed by atoms with Gasteiger partial charge in [-0.25, -0.2) is 4.39 Å². The summed E-state index contributed by atoms with van der Waals surface area (Å²) < 4.78 is 18.4. The second-order valence-electron chi connectivity index (χ2n) is 5.20. The fourth-order valence-corrected chi connectivity index (χ4v) is 2.56. The van der Waals surface area contributed by atoms with Crippen LogP contribution in [0, 0.1) is 11.7 Å². The number of amides is 1. The zero-order valence-electron chi connectivity index (χ0n) is 11.9. The lowest BCUT2D eigenvalue weighted by Gasteiger charge is -2.28. The maximum atomic E-state index is 13.6. The van der Waals surface area contributed by atoms with E-state index in [0.717, 1.165) is 25.9 Å². The molecule has 1 fully saturated rings. The molecule has 1 amide bonds. The molecular formula is C15H21FN2O2. The third-order valence-electron chi connectivity index (χ3n) is 3.86. The van der Waals surface area contributed by atoms with Crippen molar-refractivity contribution >= 4 is 5.91 Å². The van der Waals surface area contributed by atoms with Gasteiger partial charge in [-0.15, -0.1) is 0 Å². The molecule has 1 heterocycles. The first-order valence-corrected chi connectivity index (χ1v) is 6.97. The molecule has 1 atom stereocenters. The molecule has 0 aromatic heterocycles. The number of hydrogen-bond acceptors (Lipinski definition) is 3. The maximum Gasteiger partial charge on any atom is 0.251 e. The summed E-state index contributed by atoms with van der Waals surface area (Å²) in [5.41, 5.74) is 0.323. The predicted molar refractivity (Wildman–Crippen MR) is 75.5 cm³/mol. The van der Waals surface area contributed by atoms with Crippen LogP contribution in [0.4, 0.5) is 4.39 Å². The highest BCUT2D eigenvalue weighted by Crippen LogP contribution is 2.19. The monoisotopic (exact) mass is 280 g/mol. The van der Waals surface area contributed by atoms with Gasteiger partial charge < -0.3 is 15.4 Å². The van der Waals surface area contributed by atoms with Gasteiger partial charge in [0.05, 0.1) is 7.11 Å². The second kappa shape index (κ2) is 6.70. The molecule has 110 valence electrons. The van der Waals surface area contributed by atoms with E-state index in [1.807, 2.05) is 6.92 Å². The molecule has 1 aromatic carbocycles. The molecule has 0 bridgehead atoms. The number of piperidine rings is 1. The molecule has 0 aliphatic carbocycles. The van der Waals surface area contributed by atoms with Gasteiger partial charge in [0.15, 0.2) is 11.6 Å². The Labute approximate surface area is 118 Å². The van der Waals surface area contributed by atoms with Crippen molar-refractivity contribution < 1.29 is 13.9 Å². The number of carbonyl (C=O) groups is 1. The summed E-state index contributed by atoms with van der Waals surface area (Å²) in [5.74, 6) is -0.136. The number of carbonyl (C=O) groups excluding carboxylic acids is 1. The molecule has 0 spiro atoms. The molecule has 2 rings (SSSR count). The molecule has 2 N–H and O–H groups in total. The minimum Gasteiger partial charge on any atom is -0.494 e. The van der Waals surface area contributed by atoms with Crippen molar-refractivity contribution in [3.8, 4) is 5.75 Å². The van der Waals surface area contributed by atoms with Crippen molar-refractivity contribution in [1.29, 1.82) is 0 Å². The van der Waals surface area contributed by atoms with Crippen molar-refractivity contribution in [3.05, 3.63) is 29.6 Å². The van der Waals surface area contributed by atoms with Gasteiger partial charge in [0.1, 0.15) is 0 Å². The van der Waals surface area contributed by atoms with Crippen LogP contribution in [0.25, 0.3) is 0 Å². The van der Waals surface area contributed by atoms with Crippen molar-refractivity contribution in [2.75, 3.05) is 20.2 Å². The summed E-state index contributed by atoms with van der Waals surface area (Å²) in [5, 5.41) is 6.25. The molecule has 0 saturated carbocycles. The fraction of sp³-hybridized carbons (Fsp3) is 0.533. The van der Waals surface area contributed by atoms with Crippen LogP contribution in [-0.4, -0.2) is 32.1 Å². The lowest BCUT2D eigenvalue weighted by Crippen LogP contribution is -2.42. The molecule has 20 heavy (non-hydrogen) atoms.